The number of carbonyl (C=O) groups excluding carboxylic acids is 1. The number of nitrogens with zero attached hydrogens (tertiary/aromatic N) is 2. The standard InChI is InChI=1S/C11H15IN2O2/c1-7(2)14(3)11(15)9-8(12)5-6-13-10(9)16-4/h5-7H,1-4H3. The number of rotatable bonds is 3. The van der Waals surface area contributed by atoms with Gasteiger partial charge in [-0.2, -0.15) is 0 Å². The van der Waals surface area contributed by atoms with Crippen molar-refractivity contribution in [2.45, 2.75) is 19.9 Å². The summed E-state index contributed by atoms with van der Waals surface area (Å²) in [6.45, 7) is 3.93. The molecule has 1 amide bonds. The first-order chi connectivity index (χ1) is 7.49. The van der Waals surface area contributed by atoms with Crippen LogP contribution in [0.15, 0.2) is 12.3 Å². The maximum Gasteiger partial charge on any atom is 0.260 e. The SMILES string of the molecule is COc1nccc(I)c1C(=O)N(C)C(C)C. The first-order valence-electron chi connectivity index (χ1n) is 4.94. The van der Waals surface area contributed by atoms with E-state index in [1.807, 2.05) is 13.8 Å². The Balaban J connectivity index is 3.17. The van der Waals surface area contributed by atoms with E-state index in [1.165, 1.54) is 7.11 Å². The van der Waals surface area contributed by atoms with E-state index >= 15 is 0 Å². The highest BCUT2D eigenvalue weighted by Crippen LogP contribution is 2.22. The molecule has 0 aliphatic heterocycles. The molecule has 0 saturated heterocycles. The summed E-state index contributed by atoms with van der Waals surface area (Å²) >= 11 is 2.11. The average molecular weight is 334 g/mol. The first kappa shape index (κ1) is 13.2. The third kappa shape index (κ3) is 2.63. The van der Waals surface area contributed by atoms with Crippen LogP contribution < -0.4 is 4.74 Å². The Hall–Kier alpha value is -0.850. The van der Waals surface area contributed by atoms with Crippen LogP contribution in [0.4, 0.5) is 0 Å². The van der Waals surface area contributed by atoms with Crippen LogP contribution >= 0.6 is 22.6 Å². The van der Waals surface area contributed by atoms with Gasteiger partial charge in [-0.3, -0.25) is 4.79 Å². The van der Waals surface area contributed by atoms with Gasteiger partial charge in [0.15, 0.2) is 0 Å². The van der Waals surface area contributed by atoms with Gasteiger partial charge in [0.25, 0.3) is 5.91 Å². The molecular weight excluding hydrogens is 319 g/mol. The van der Waals surface area contributed by atoms with Gasteiger partial charge in [0.05, 0.1) is 7.11 Å². The van der Waals surface area contributed by atoms with Crippen LogP contribution in [0.2, 0.25) is 0 Å². The predicted molar refractivity (Wildman–Crippen MR) is 70.7 cm³/mol. The molecule has 0 N–H and O–H groups in total. The number of hydrogen-bond donors (Lipinski definition) is 0. The summed E-state index contributed by atoms with van der Waals surface area (Å²) in [6, 6.07) is 1.94. The van der Waals surface area contributed by atoms with Crippen molar-refractivity contribution in [3.63, 3.8) is 0 Å². The quantitative estimate of drug-likeness (QED) is 0.796. The summed E-state index contributed by atoms with van der Waals surface area (Å²) in [5.41, 5.74) is 0.529. The van der Waals surface area contributed by atoms with Crippen LogP contribution in [0, 0.1) is 3.57 Å². The van der Waals surface area contributed by atoms with Crippen molar-refractivity contribution in [2.24, 2.45) is 0 Å². The van der Waals surface area contributed by atoms with Gasteiger partial charge in [0.1, 0.15) is 5.56 Å². The summed E-state index contributed by atoms with van der Waals surface area (Å²) in [6.07, 6.45) is 1.63. The van der Waals surface area contributed by atoms with E-state index in [1.54, 1.807) is 24.2 Å². The van der Waals surface area contributed by atoms with Crippen LogP contribution in [0.1, 0.15) is 24.2 Å². The summed E-state index contributed by atoms with van der Waals surface area (Å²) in [7, 11) is 3.29. The third-order valence-corrected chi connectivity index (χ3v) is 3.27. The Morgan fingerprint density at radius 3 is 2.69 bits per heavy atom. The average Bonchev–Trinajstić information content (AvgIpc) is 2.26. The fourth-order valence-corrected chi connectivity index (χ4v) is 1.80. The van der Waals surface area contributed by atoms with E-state index in [4.69, 9.17) is 4.74 Å². The van der Waals surface area contributed by atoms with Crippen LogP contribution in [-0.4, -0.2) is 36.0 Å². The largest absolute Gasteiger partial charge is 0.480 e. The Morgan fingerprint density at radius 1 is 1.56 bits per heavy atom. The zero-order chi connectivity index (χ0) is 12.3. The van der Waals surface area contributed by atoms with E-state index in [0.717, 1.165) is 3.57 Å². The molecule has 0 radical (unpaired) electrons. The number of hydrogen-bond acceptors (Lipinski definition) is 3. The second-order valence-electron chi connectivity index (χ2n) is 3.69. The predicted octanol–water partition coefficient (Wildman–Crippen LogP) is 2.18. The first-order valence-corrected chi connectivity index (χ1v) is 6.02. The maximum atomic E-state index is 12.2. The monoisotopic (exact) mass is 334 g/mol. The van der Waals surface area contributed by atoms with Crippen molar-refractivity contribution >= 4 is 28.5 Å². The van der Waals surface area contributed by atoms with Crippen molar-refractivity contribution in [2.75, 3.05) is 14.2 Å². The molecule has 5 heteroatoms. The highest BCUT2D eigenvalue weighted by Gasteiger charge is 2.22. The Labute approximate surface area is 109 Å². The third-order valence-electron chi connectivity index (χ3n) is 2.37. The number of ether oxygens (including phenoxy) is 1. The van der Waals surface area contributed by atoms with Crippen molar-refractivity contribution in [1.29, 1.82) is 0 Å². The van der Waals surface area contributed by atoms with E-state index in [9.17, 15) is 4.79 Å². The lowest BCUT2D eigenvalue weighted by Crippen LogP contribution is -2.33. The fourth-order valence-electron chi connectivity index (χ4n) is 1.18. The number of halogens is 1. The molecule has 1 aromatic heterocycles. The molecule has 0 aliphatic carbocycles. The molecule has 1 heterocycles. The summed E-state index contributed by atoms with van der Waals surface area (Å²) in [5, 5.41) is 0. The molecule has 0 bridgehead atoms. The number of methoxy groups -OCH3 is 1. The lowest BCUT2D eigenvalue weighted by Gasteiger charge is -2.22. The minimum Gasteiger partial charge on any atom is -0.480 e. The highest BCUT2D eigenvalue weighted by molar-refractivity contribution is 14.1. The van der Waals surface area contributed by atoms with Crippen molar-refractivity contribution in [1.82, 2.24) is 9.88 Å². The second-order valence-corrected chi connectivity index (χ2v) is 4.85. The second kappa shape index (κ2) is 5.47. The van der Waals surface area contributed by atoms with Gasteiger partial charge in [-0.1, -0.05) is 0 Å². The van der Waals surface area contributed by atoms with Crippen LogP contribution in [0.5, 0.6) is 5.88 Å². The number of aromatic nitrogens is 1. The Morgan fingerprint density at radius 2 is 2.19 bits per heavy atom. The van der Waals surface area contributed by atoms with E-state index in [2.05, 4.69) is 27.6 Å². The fraction of sp³-hybridized carbons (Fsp3) is 0.455. The van der Waals surface area contributed by atoms with E-state index in [0.29, 0.717) is 11.4 Å². The molecule has 4 nitrogen and oxygen atoms in total. The summed E-state index contributed by atoms with van der Waals surface area (Å²) < 4.78 is 5.96. The minimum atomic E-state index is -0.0654. The lowest BCUT2D eigenvalue weighted by atomic mass is 10.2. The molecule has 0 spiro atoms. The van der Waals surface area contributed by atoms with E-state index in [-0.39, 0.29) is 11.9 Å². The zero-order valence-electron chi connectivity index (χ0n) is 9.82. The Kier molecular flexibility index (Phi) is 4.52. The van der Waals surface area contributed by atoms with Gasteiger partial charge < -0.3 is 9.64 Å². The minimum absolute atomic E-state index is 0.0654. The molecule has 88 valence electrons. The van der Waals surface area contributed by atoms with Gasteiger partial charge in [0.2, 0.25) is 5.88 Å². The zero-order valence-corrected chi connectivity index (χ0v) is 12.0. The van der Waals surface area contributed by atoms with Crippen molar-refractivity contribution in [3.05, 3.63) is 21.4 Å². The molecule has 0 unspecified atom stereocenters. The molecule has 0 aromatic carbocycles. The maximum absolute atomic E-state index is 12.2. The number of amides is 1. The summed E-state index contributed by atoms with van der Waals surface area (Å²) in [4.78, 5) is 17.9. The molecule has 0 fully saturated rings. The topological polar surface area (TPSA) is 42.4 Å². The van der Waals surface area contributed by atoms with Crippen molar-refractivity contribution < 1.29 is 9.53 Å². The van der Waals surface area contributed by atoms with Crippen LogP contribution in [-0.2, 0) is 0 Å². The van der Waals surface area contributed by atoms with Gasteiger partial charge in [-0.05, 0) is 42.5 Å². The normalized spacial score (nSPS) is 10.4. The molecule has 0 aliphatic rings. The number of pyridine rings is 1. The van der Waals surface area contributed by atoms with Gasteiger partial charge in [0, 0.05) is 22.9 Å². The molecule has 16 heavy (non-hydrogen) atoms. The molecule has 1 aromatic rings. The van der Waals surface area contributed by atoms with Crippen LogP contribution in [0.3, 0.4) is 0 Å². The molecular formula is C11H15IN2O2. The van der Waals surface area contributed by atoms with Crippen LogP contribution in [0.25, 0.3) is 0 Å². The number of carbonyl (C=O) groups is 1. The molecule has 0 saturated carbocycles. The van der Waals surface area contributed by atoms with Gasteiger partial charge in [-0.25, -0.2) is 4.98 Å². The Bertz CT molecular complexity index is 394. The smallest absolute Gasteiger partial charge is 0.260 e. The summed E-state index contributed by atoms with van der Waals surface area (Å²) in [5.74, 6) is 0.314. The van der Waals surface area contributed by atoms with Gasteiger partial charge in [-0.15, -0.1) is 0 Å². The highest BCUT2D eigenvalue weighted by atomic mass is 127. The lowest BCUT2D eigenvalue weighted by molar-refractivity contribution is 0.0749. The van der Waals surface area contributed by atoms with Gasteiger partial charge >= 0.3 is 0 Å². The van der Waals surface area contributed by atoms with E-state index < -0.39 is 0 Å². The molecule has 1 rings (SSSR count). The molecule has 0 atom stereocenters. The van der Waals surface area contributed by atoms with Crippen molar-refractivity contribution in [3.8, 4) is 5.88 Å².